The van der Waals surface area contributed by atoms with Crippen LogP contribution in [0.1, 0.15) is 10.5 Å². The van der Waals surface area contributed by atoms with Crippen molar-refractivity contribution in [2.75, 3.05) is 5.32 Å². The van der Waals surface area contributed by atoms with Gasteiger partial charge in [-0.25, -0.2) is 13.9 Å². The summed E-state index contributed by atoms with van der Waals surface area (Å²) in [6.07, 6.45) is 1.14. The maximum atomic E-state index is 12.9. The fourth-order valence-electron chi connectivity index (χ4n) is 1.40. The molecule has 0 saturated heterocycles. The van der Waals surface area contributed by atoms with E-state index < -0.39 is 17.7 Å². The Balaban J connectivity index is 2.03. The van der Waals surface area contributed by atoms with Crippen LogP contribution in [0.4, 0.5) is 10.1 Å². The van der Waals surface area contributed by atoms with Crippen molar-refractivity contribution < 1.29 is 19.1 Å². The molecule has 2 N–H and O–H groups in total. The van der Waals surface area contributed by atoms with Crippen LogP contribution in [0.25, 0.3) is 0 Å². The standard InChI is InChI=1S/C11H8BrFN4O3/c12-7-3-6(13)1-2-8(7)14-10(18)5-17-4-9(11(19)20)15-16-17/h1-4H,5H2,(H,14,18)(H,19,20). The molecule has 0 unspecified atom stereocenters. The first-order chi connectivity index (χ1) is 9.45. The molecule has 1 aromatic carbocycles. The number of carboxylic acid groups (broad SMARTS) is 1. The van der Waals surface area contributed by atoms with Crippen molar-refractivity contribution in [3.05, 3.63) is 40.4 Å². The Bertz CT molecular complexity index is 673. The number of carbonyl (C=O) groups is 2. The van der Waals surface area contributed by atoms with E-state index in [1.54, 1.807) is 0 Å². The summed E-state index contributed by atoms with van der Waals surface area (Å²) in [6, 6.07) is 3.83. The molecular formula is C11H8BrFN4O3. The molecular weight excluding hydrogens is 335 g/mol. The molecule has 0 aliphatic carbocycles. The highest BCUT2D eigenvalue weighted by Crippen LogP contribution is 2.22. The lowest BCUT2D eigenvalue weighted by Gasteiger charge is -2.07. The quantitative estimate of drug-likeness (QED) is 0.877. The molecule has 0 atom stereocenters. The number of aromatic carboxylic acids is 1. The van der Waals surface area contributed by atoms with Gasteiger partial charge in [0.25, 0.3) is 0 Å². The molecule has 0 radical (unpaired) electrons. The Labute approximate surface area is 120 Å². The van der Waals surface area contributed by atoms with Crippen molar-refractivity contribution in [3.63, 3.8) is 0 Å². The largest absolute Gasteiger partial charge is 0.476 e. The monoisotopic (exact) mass is 342 g/mol. The molecule has 1 amide bonds. The van der Waals surface area contributed by atoms with Crippen LogP contribution in [-0.4, -0.2) is 32.0 Å². The molecule has 104 valence electrons. The minimum absolute atomic E-state index is 0.204. The predicted octanol–water partition coefficient (Wildman–Crippen LogP) is 1.52. The molecule has 0 aliphatic heterocycles. The first kappa shape index (κ1) is 14.1. The van der Waals surface area contributed by atoms with Gasteiger partial charge in [0.1, 0.15) is 12.4 Å². The number of benzene rings is 1. The minimum atomic E-state index is -1.22. The number of amides is 1. The number of hydrogen-bond donors (Lipinski definition) is 2. The molecule has 20 heavy (non-hydrogen) atoms. The molecule has 0 saturated carbocycles. The third-order valence-corrected chi connectivity index (χ3v) is 2.92. The van der Waals surface area contributed by atoms with Crippen molar-refractivity contribution in [1.82, 2.24) is 15.0 Å². The Morgan fingerprint density at radius 2 is 2.20 bits per heavy atom. The van der Waals surface area contributed by atoms with E-state index in [0.29, 0.717) is 10.2 Å². The van der Waals surface area contributed by atoms with E-state index in [-0.39, 0.29) is 12.2 Å². The normalized spacial score (nSPS) is 10.3. The summed E-state index contributed by atoms with van der Waals surface area (Å²) in [5.74, 6) is -2.10. The number of carboxylic acids is 1. The smallest absolute Gasteiger partial charge is 0.358 e. The van der Waals surface area contributed by atoms with Crippen molar-refractivity contribution in [2.24, 2.45) is 0 Å². The van der Waals surface area contributed by atoms with Gasteiger partial charge in [-0.15, -0.1) is 5.10 Å². The van der Waals surface area contributed by atoms with Crippen LogP contribution in [0.3, 0.4) is 0 Å². The second kappa shape index (κ2) is 5.78. The number of rotatable bonds is 4. The van der Waals surface area contributed by atoms with Crippen LogP contribution >= 0.6 is 15.9 Å². The van der Waals surface area contributed by atoms with Gasteiger partial charge in [0.05, 0.1) is 11.9 Å². The van der Waals surface area contributed by atoms with Gasteiger partial charge >= 0.3 is 5.97 Å². The first-order valence-corrected chi connectivity index (χ1v) is 6.13. The summed E-state index contributed by atoms with van der Waals surface area (Å²) < 4.78 is 14.4. The molecule has 0 aliphatic rings. The molecule has 1 heterocycles. The molecule has 2 aromatic rings. The first-order valence-electron chi connectivity index (χ1n) is 5.34. The third kappa shape index (κ3) is 3.38. The van der Waals surface area contributed by atoms with Crippen LogP contribution in [0.2, 0.25) is 0 Å². The number of aromatic nitrogens is 3. The number of nitrogens with one attached hydrogen (secondary N) is 1. The zero-order valence-electron chi connectivity index (χ0n) is 9.88. The minimum Gasteiger partial charge on any atom is -0.476 e. The highest BCUT2D eigenvalue weighted by molar-refractivity contribution is 9.10. The van der Waals surface area contributed by atoms with E-state index in [0.717, 1.165) is 10.9 Å². The summed E-state index contributed by atoms with van der Waals surface area (Å²) in [5.41, 5.74) is 0.149. The second-order valence-electron chi connectivity index (χ2n) is 3.78. The summed E-state index contributed by atoms with van der Waals surface area (Å²) >= 11 is 3.12. The van der Waals surface area contributed by atoms with Gasteiger partial charge in [-0.05, 0) is 34.1 Å². The molecule has 7 nitrogen and oxygen atoms in total. The van der Waals surface area contributed by atoms with Gasteiger partial charge in [0.2, 0.25) is 5.91 Å². The molecule has 0 spiro atoms. The molecule has 2 rings (SSSR count). The summed E-state index contributed by atoms with van der Waals surface area (Å²) in [4.78, 5) is 22.3. The number of halogens is 2. The number of nitrogens with zero attached hydrogens (tertiary/aromatic N) is 3. The second-order valence-corrected chi connectivity index (χ2v) is 4.63. The molecule has 0 fully saturated rings. The number of anilines is 1. The van der Waals surface area contributed by atoms with Crippen molar-refractivity contribution in [1.29, 1.82) is 0 Å². The Morgan fingerprint density at radius 1 is 1.45 bits per heavy atom. The van der Waals surface area contributed by atoms with E-state index >= 15 is 0 Å². The maximum Gasteiger partial charge on any atom is 0.358 e. The van der Waals surface area contributed by atoms with Crippen LogP contribution < -0.4 is 5.32 Å². The molecule has 1 aromatic heterocycles. The lowest BCUT2D eigenvalue weighted by atomic mass is 10.3. The van der Waals surface area contributed by atoms with E-state index in [9.17, 15) is 14.0 Å². The predicted molar refractivity (Wildman–Crippen MR) is 69.7 cm³/mol. The lowest BCUT2D eigenvalue weighted by molar-refractivity contribution is -0.116. The summed E-state index contributed by atoms with van der Waals surface area (Å²) in [7, 11) is 0. The van der Waals surface area contributed by atoms with Gasteiger partial charge in [0, 0.05) is 4.47 Å². The van der Waals surface area contributed by atoms with Gasteiger partial charge in [-0.1, -0.05) is 5.21 Å². The number of carbonyl (C=O) groups excluding carboxylic acids is 1. The zero-order chi connectivity index (χ0) is 14.7. The van der Waals surface area contributed by atoms with E-state index in [1.807, 2.05) is 0 Å². The van der Waals surface area contributed by atoms with Gasteiger partial charge in [0.15, 0.2) is 5.69 Å². The topological polar surface area (TPSA) is 97.1 Å². The maximum absolute atomic E-state index is 12.9. The van der Waals surface area contributed by atoms with E-state index in [1.165, 1.54) is 18.2 Å². The Morgan fingerprint density at radius 3 is 2.80 bits per heavy atom. The lowest BCUT2D eigenvalue weighted by Crippen LogP contribution is -2.19. The average Bonchev–Trinajstić information content (AvgIpc) is 2.81. The van der Waals surface area contributed by atoms with Crippen molar-refractivity contribution in [2.45, 2.75) is 6.54 Å². The highest BCUT2D eigenvalue weighted by atomic mass is 79.9. The SMILES string of the molecule is O=C(Cn1cc(C(=O)O)nn1)Nc1ccc(F)cc1Br. The van der Waals surface area contributed by atoms with Crippen LogP contribution in [-0.2, 0) is 11.3 Å². The third-order valence-electron chi connectivity index (χ3n) is 2.27. The summed E-state index contributed by atoms with van der Waals surface area (Å²) in [6.45, 7) is -0.204. The highest BCUT2D eigenvalue weighted by Gasteiger charge is 2.11. The van der Waals surface area contributed by atoms with Crippen LogP contribution in [0.5, 0.6) is 0 Å². The molecule has 9 heteroatoms. The fraction of sp³-hybridized carbons (Fsp3) is 0.0909. The Kier molecular flexibility index (Phi) is 4.08. The van der Waals surface area contributed by atoms with Crippen molar-refractivity contribution >= 4 is 33.5 Å². The van der Waals surface area contributed by atoms with Gasteiger partial charge < -0.3 is 10.4 Å². The zero-order valence-corrected chi connectivity index (χ0v) is 11.5. The fourth-order valence-corrected chi connectivity index (χ4v) is 1.85. The van der Waals surface area contributed by atoms with Crippen LogP contribution in [0, 0.1) is 5.82 Å². The van der Waals surface area contributed by atoms with E-state index in [2.05, 4.69) is 31.6 Å². The Hall–Kier alpha value is -2.29. The average molecular weight is 343 g/mol. The van der Waals surface area contributed by atoms with Gasteiger partial charge in [-0.2, -0.15) is 0 Å². The van der Waals surface area contributed by atoms with Gasteiger partial charge in [-0.3, -0.25) is 4.79 Å². The van der Waals surface area contributed by atoms with Crippen molar-refractivity contribution in [3.8, 4) is 0 Å². The summed E-state index contributed by atoms with van der Waals surface area (Å²) in [5, 5.41) is 18.1. The molecule has 0 bridgehead atoms. The van der Waals surface area contributed by atoms with E-state index in [4.69, 9.17) is 5.11 Å². The number of hydrogen-bond acceptors (Lipinski definition) is 4. The van der Waals surface area contributed by atoms with Crippen LogP contribution in [0.15, 0.2) is 28.9 Å².